The molecule has 2 aliphatic heterocycles. The topological polar surface area (TPSA) is 200 Å². The Morgan fingerprint density at radius 1 is 1.03 bits per heavy atom. The molecule has 2 aliphatic rings. The normalized spacial score (nSPS) is 17.4. The molecule has 3 N–H and O–H groups in total. The summed E-state index contributed by atoms with van der Waals surface area (Å²) in [7, 11) is 0. The molecule has 1 aromatic heterocycles. The molecule has 3 atom stereocenters. The number of thiocarbonyl (C=S) groups is 1. The van der Waals surface area contributed by atoms with E-state index in [9.17, 15) is 29.5 Å². The second kappa shape index (κ2) is 22.3. The second-order valence-electron chi connectivity index (χ2n) is 18.2. The molecule has 3 heterocycles. The monoisotopic (exact) mass is 955 g/mol. The molecule has 67 heavy (non-hydrogen) atoms. The maximum atomic E-state index is 13.9. The van der Waals surface area contributed by atoms with Crippen LogP contribution in [0, 0.1) is 23.7 Å². The number of ether oxygens (including phenoxy) is 3. The van der Waals surface area contributed by atoms with Crippen LogP contribution in [0.25, 0.3) is 11.3 Å². The van der Waals surface area contributed by atoms with Gasteiger partial charge in [0.05, 0.1) is 35.2 Å². The van der Waals surface area contributed by atoms with Crippen molar-refractivity contribution in [3.63, 3.8) is 0 Å². The molecule has 0 spiro atoms. The van der Waals surface area contributed by atoms with Crippen molar-refractivity contribution in [2.45, 2.75) is 97.5 Å². The van der Waals surface area contributed by atoms with E-state index >= 15 is 0 Å². The lowest BCUT2D eigenvalue weighted by atomic mass is 9.85. The summed E-state index contributed by atoms with van der Waals surface area (Å²) < 4.78 is 22.7. The number of carbonyl (C=O) groups is 4. The highest BCUT2D eigenvalue weighted by Crippen LogP contribution is 2.39. The number of amides is 4. The Balaban J connectivity index is 0.865. The average Bonchev–Trinajstić information content (AvgIpc) is 4.01. The standard InChI is InChI=1S/C49H58ClN7O9S/c1-31-22-37(16-17-39(31)57-47(67)56(46(62)49(57,5)6)35-15-14-34(25-51)38(50)23-35)65-21-8-7-18-63-19-9-20-64-29-42(59)54-43(48(2,3)4)45(61)55-28-36(58)24-40(55)44(60)53-26-32-10-12-33(13-11-32)41-27-52-30-66-41/h10-17,22-23,27,30,36,40,43,58H,7-9,18-21,24,26,28-29H2,1-6H3,(H,53,60)(H,54,59)/t36-,40+,43-/m1/s1. The van der Waals surface area contributed by atoms with Crippen LogP contribution in [-0.2, 0) is 35.2 Å². The van der Waals surface area contributed by atoms with Crippen LogP contribution in [0.5, 0.6) is 5.75 Å². The van der Waals surface area contributed by atoms with Crippen LogP contribution in [0.4, 0.5) is 11.4 Å². The maximum absolute atomic E-state index is 13.9. The molecule has 0 aliphatic carbocycles. The molecular formula is C49H58ClN7O9S. The Kier molecular flexibility index (Phi) is 16.8. The number of β-amino-alcohol motifs (C(OH)–C–C–N with tert-alkyl or cyclic N) is 1. The molecule has 0 radical (unpaired) electrons. The first-order chi connectivity index (χ1) is 31.9. The lowest BCUT2D eigenvalue weighted by molar-refractivity contribution is -0.144. The van der Waals surface area contributed by atoms with E-state index in [0.29, 0.717) is 54.1 Å². The van der Waals surface area contributed by atoms with Crippen molar-refractivity contribution >= 4 is 63.9 Å². The predicted octanol–water partition coefficient (Wildman–Crippen LogP) is 6.48. The van der Waals surface area contributed by atoms with Gasteiger partial charge in [-0.15, -0.1) is 0 Å². The Morgan fingerprint density at radius 3 is 2.42 bits per heavy atom. The zero-order valence-electron chi connectivity index (χ0n) is 38.7. The summed E-state index contributed by atoms with van der Waals surface area (Å²) in [4.78, 5) is 62.5. The van der Waals surface area contributed by atoms with Crippen LogP contribution in [0.15, 0.2) is 77.7 Å². The number of oxazole rings is 1. The van der Waals surface area contributed by atoms with Crippen LogP contribution in [0.2, 0.25) is 5.02 Å². The van der Waals surface area contributed by atoms with E-state index in [4.69, 9.17) is 42.4 Å². The van der Waals surface area contributed by atoms with Gasteiger partial charge in [0.25, 0.3) is 5.91 Å². The van der Waals surface area contributed by atoms with Gasteiger partial charge in [0.15, 0.2) is 17.3 Å². The number of anilines is 2. The Labute approximate surface area is 401 Å². The van der Waals surface area contributed by atoms with E-state index in [2.05, 4.69) is 15.6 Å². The lowest BCUT2D eigenvalue weighted by Gasteiger charge is -2.35. The number of hydrogen-bond acceptors (Lipinski definition) is 12. The van der Waals surface area contributed by atoms with E-state index in [1.165, 1.54) is 16.2 Å². The van der Waals surface area contributed by atoms with Crippen LogP contribution >= 0.6 is 23.8 Å². The van der Waals surface area contributed by atoms with Crippen molar-refractivity contribution in [2.75, 3.05) is 49.4 Å². The van der Waals surface area contributed by atoms with Crippen LogP contribution in [0.1, 0.15) is 77.0 Å². The molecule has 4 aromatic rings. The number of benzene rings is 3. The minimum absolute atomic E-state index is 0.0265. The summed E-state index contributed by atoms with van der Waals surface area (Å²) in [6.07, 6.45) is 4.26. The van der Waals surface area contributed by atoms with E-state index in [1.54, 1.807) is 24.4 Å². The quantitative estimate of drug-likeness (QED) is 0.0643. The van der Waals surface area contributed by atoms with Crippen molar-refractivity contribution < 1.29 is 42.9 Å². The third-order valence-electron chi connectivity index (χ3n) is 11.6. The molecule has 0 unspecified atom stereocenters. The van der Waals surface area contributed by atoms with Crippen molar-refractivity contribution in [3.8, 4) is 23.1 Å². The van der Waals surface area contributed by atoms with E-state index in [-0.39, 0.29) is 43.7 Å². The smallest absolute Gasteiger partial charge is 0.259 e. The van der Waals surface area contributed by atoms with Gasteiger partial charge in [-0.05, 0) is 105 Å². The Morgan fingerprint density at radius 2 is 1.75 bits per heavy atom. The van der Waals surface area contributed by atoms with Crippen molar-refractivity contribution in [1.29, 1.82) is 5.26 Å². The van der Waals surface area contributed by atoms with Gasteiger partial charge in [-0.2, -0.15) is 5.26 Å². The number of nitrogens with one attached hydrogen (secondary N) is 2. The molecule has 356 valence electrons. The highest BCUT2D eigenvalue weighted by atomic mass is 35.5. The fraction of sp³-hybridized carbons (Fsp3) is 0.449. The lowest BCUT2D eigenvalue weighted by Crippen LogP contribution is -2.58. The molecule has 3 aromatic carbocycles. The summed E-state index contributed by atoms with van der Waals surface area (Å²) in [5, 5.41) is 26.0. The summed E-state index contributed by atoms with van der Waals surface area (Å²) in [6, 6.07) is 18.1. The van der Waals surface area contributed by atoms with Crippen LogP contribution < -0.4 is 25.2 Å². The fourth-order valence-electron chi connectivity index (χ4n) is 7.93. The average molecular weight is 957 g/mol. The van der Waals surface area contributed by atoms with Crippen molar-refractivity contribution in [2.24, 2.45) is 5.41 Å². The SMILES string of the molecule is Cc1cc(OCCCCOCCCOCC(=O)N[C@H](C(=O)N2C[C@H](O)C[C@H]2C(=O)NCc2ccc(-c3cnco3)cc2)C(C)(C)C)ccc1N1C(=S)N(c2ccc(C#N)c(Cl)c2)C(=O)C1(C)C. The fourth-order valence-corrected chi connectivity index (χ4v) is 8.66. The minimum atomic E-state index is -0.979. The number of aliphatic hydroxyl groups excluding tert-OH is 1. The van der Waals surface area contributed by atoms with Gasteiger partial charge in [-0.25, -0.2) is 4.98 Å². The Hall–Kier alpha value is -5.90. The van der Waals surface area contributed by atoms with Gasteiger partial charge in [0, 0.05) is 50.6 Å². The molecule has 2 fully saturated rings. The molecule has 16 nitrogen and oxygen atoms in total. The van der Waals surface area contributed by atoms with Crippen molar-refractivity contribution in [1.82, 2.24) is 20.5 Å². The number of aromatic nitrogens is 1. The summed E-state index contributed by atoms with van der Waals surface area (Å²) in [6.45, 7) is 12.7. The zero-order chi connectivity index (χ0) is 48.5. The number of aliphatic hydroxyl groups is 1. The molecule has 2 saturated heterocycles. The molecule has 6 rings (SSSR count). The summed E-state index contributed by atoms with van der Waals surface area (Å²) in [5.74, 6) is -0.208. The second-order valence-corrected chi connectivity index (χ2v) is 18.9. The number of rotatable bonds is 20. The van der Waals surface area contributed by atoms with Gasteiger partial charge in [-0.3, -0.25) is 24.1 Å². The number of nitriles is 1. The first-order valence-corrected chi connectivity index (χ1v) is 23.0. The van der Waals surface area contributed by atoms with Crippen LogP contribution in [0.3, 0.4) is 0 Å². The van der Waals surface area contributed by atoms with Crippen LogP contribution in [-0.4, -0.2) is 107 Å². The van der Waals surface area contributed by atoms with E-state index in [0.717, 1.165) is 35.2 Å². The molecule has 0 bridgehead atoms. The summed E-state index contributed by atoms with van der Waals surface area (Å²) in [5.41, 5.74) is 2.46. The zero-order valence-corrected chi connectivity index (χ0v) is 40.2. The number of carbonyl (C=O) groups excluding carboxylic acids is 4. The van der Waals surface area contributed by atoms with E-state index < -0.39 is 46.9 Å². The predicted molar refractivity (Wildman–Crippen MR) is 256 cm³/mol. The minimum Gasteiger partial charge on any atom is -0.494 e. The van der Waals surface area contributed by atoms with Gasteiger partial charge < -0.3 is 44.2 Å². The molecule has 0 saturated carbocycles. The number of unbranched alkanes of at least 4 members (excludes halogenated alkanes) is 1. The van der Waals surface area contributed by atoms with Gasteiger partial charge >= 0.3 is 0 Å². The van der Waals surface area contributed by atoms with E-state index in [1.807, 2.05) is 95.0 Å². The largest absolute Gasteiger partial charge is 0.494 e. The first-order valence-electron chi connectivity index (χ1n) is 22.2. The number of likely N-dealkylation sites (tertiary alicyclic amines) is 1. The number of hydrogen-bond donors (Lipinski definition) is 3. The summed E-state index contributed by atoms with van der Waals surface area (Å²) >= 11 is 12.1. The first kappa shape index (κ1) is 50.5. The highest BCUT2D eigenvalue weighted by Gasteiger charge is 2.51. The molecule has 4 amide bonds. The third-order valence-corrected chi connectivity index (χ3v) is 12.3. The molecular weight excluding hydrogens is 898 g/mol. The van der Waals surface area contributed by atoms with Gasteiger partial charge in [-0.1, -0.05) is 56.6 Å². The number of halogens is 1. The highest BCUT2D eigenvalue weighted by molar-refractivity contribution is 7.81. The molecule has 18 heteroatoms. The van der Waals surface area contributed by atoms with Crippen molar-refractivity contribution in [3.05, 3.63) is 95.0 Å². The van der Waals surface area contributed by atoms with Gasteiger partial charge in [0.1, 0.15) is 36.0 Å². The Bertz CT molecular complexity index is 2450. The number of aryl methyl sites for hydroxylation is 1. The number of nitrogens with zero attached hydrogens (tertiary/aromatic N) is 5. The van der Waals surface area contributed by atoms with Gasteiger partial charge in [0.2, 0.25) is 17.7 Å². The third kappa shape index (κ3) is 12.4. The maximum Gasteiger partial charge on any atom is 0.259 e.